The molecule has 0 fully saturated rings. The first-order valence-electron chi connectivity index (χ1n) is 9.89. The van der Waals surface area contributed by atoms with E-state index in [1.165, 1.54) is 26.0 Å². The molecule has 0 saturated carbocycles. The molecule has 2 aromatic carbocycles. The molecule has 1 atom stereocenters. The number of aromatic nitrogens is 1. The van der Waals surface area contributed by atoms with Crippen molar-refractivity contribution in [2.75, 3.05) is 7.11 Å². The van der Waals surface area contributed by atoms with Gasteiger partial charge in [0.05, 0.1) is 18.0 Å². The van der Waals surface area contributed by atoms with E-state index in [1.54, 1.807) is 48.9 Å². The predicted molar refractivity (Wildman–Crippen MR) is 124 cm³/mol. The number of esters is 1. The first kappa shape index (κ1) is 23.8. The van der Waals surface area contributed by atoms with E-state index < -0.39 is 20.6 Å². The topological polar surface area (TPSA) is 94.5 Å². The second-order valence-electron chi connectivity index (χ2n) is 8.06. The van der Waals surface area contributed by atoms with E-state index in [2.05, 4.69) is 10.1 Å². The minimum absolute atomic E-state index is 0.000685. The molecular formula is C23H25ClN2O5S. The minimum Gasteiger partial charge on any atom is -0.468 e. The molecule has 0 saturated heterocycles. The highest BCUT2D eigenvalue weighted by Gasteiger charge is 2.43. The van der Waals surface area contributed by atoms with Gasteiger partial charge in [-0.2, -0.15) is 0 Å². The summed E-state index contributed by atoms with van der Waals surface area (Å²) in [6, 6.07) is 12.9. The summed E-state index contributed by atoms with van der Waals surface area (Å²) in [4.78, 5) is 24.8. The Hall–Kier alpha value is -2.84. The van der Waals surface area contributed by atoms with Crippen molar-refractivity contribution >= 4 is 44.2 Å². The van der Waals surface area contributed by atoms with Gasteiger partial charge in [-0.25, -0.2) is 8.42 Å². The van der Waals surface area contributed by atoms with Crippen LogP contribution in [0.2, 0.25) is 5.02 Å². The van der Waals surface area contributed by atoms with Crippen molar-refractivity contribution in [3.63, 3.8) is 0 Å². The molecule has 0 aliphatic carbocycles. The number of hydrogen-bond acceptors (Lipinski definition) is 5. The summed E-state index contributed by atoms with van der Waals surface area (Å²) in [5, 5.41) is 4.38. The lowest BCUT2D eigenvalue weighted by molar-refractivity contribution is -0.142. The maximum absolute atomic E-state index is 12.9. The highest BCUT2D eigenvalue weighted by atomic mass is 35.5. The molecule has 1 aromatic heterocycles. The van der Waals surface area contributed by atoms with Gasteiger partial charge in [-0.3, -0.25) is 9.59 Å². The Morgan fingerprint density at radius 2 is 1.72 bits per heavy atom. The van der Waals surface area contributed by atoms with E-state index in [0.29, 0.717) is 10.7 Å². The summed E-state index contributed by atoms with van der Waals surface area (Å²) in [5.74, 6) is -1.10. The summed E-state index contributed by atoms with van der Waals surface area (Å²) in [5.41, 5.74) is 2.08. The number of ether oxygens (including phenoxy) is 1. The van der Waals surface area contributed by atoms with E-state index in [4.69, 9.17) is 11.6 Å². The fourth-order valence-electron chi connectivity index (χ4n) is 3.48. The van der Waals surface area contributed by atoms with Gasteiger partial charge in [0.2, 0.25) is 0 Å². The predicted octanol–water partition coefficient (Wildman–Crippen LogP) is 4.05. The van der Waals surface area contributed by atoms with Gasteiger partial charge in [-0.05, 0) is 62.7 Å². The molecular weight excluding hydrogens is 452 g/mol. The SMILES string of the molecule is COC(=O)C(C)(C)S(=O)(=O)c1ccc(C(C)NC(=O)c2cc3cc(Cl)ccc3n2C)cc1. The fourth-order valence-corrected chi connectivity index (χ4v) is 5.04. The van der Waals surface area contributed by atoms with E-state index in [0.717, 1.165) is 23.6 Å². The van der Waals surface area contributed by atoms with Gasteiger partial charge in [0.15, 0.2) is 14.6 Å². The number of carbonyl (C=O) groups excluding carboxylic acids is 2. The van der Waals surface area contributed by atoms with E-state index in [-0.39, 0.29) is 16.8 Å². The normalized spacial score (nSPS) is 13.1. The minimum atomic E-state index is -3.96. The first-order valence-corrected chi connectivity index (χ1v) is 11.7. The maximum Gasteiger partial charge on any atom is 0.327 e. The number of amides is 1. The number of benzene rings is 2. The van der Waals surface area contributed by atoms with Gasteiger partial charge >= 0.3 is 5.97 Å². The molecule has 0 aliphatic heterocycles. The van der Waals surface area contributed by atoms with Gasteiger partial charge in [0.25, 0.3) is 5.91 Å². The number of sulfone groups is 1. The monoisotopic (exact) mass is 476 g/mol. The van der Waals surface area contributed by atoms with Crippen molar-refractivity contribution in [1.29, 1.82) is 0 Å². The van der Waals surface area contributed by atoms with Gasteiger partial charge < -0.3 is 14.6 Å². The Labute approximate surface area is 192 Å². The summed E-state index contributed by atoms with van der Waals surface area (Å²) in [6.07, 6.45) is 0. The molecule has 0 aliphatic rings. The number of nitrogens with zero attached hydrogens (tertiary/aromatic N) is 1. The number of rotatable bonds is 6. The zero-order chi connectivity index (χ0) is 23.8. The van der Waals surface area contributed by atoms with Gasteiger partial charge in [0.1, 0.15) is 5.69 Å². The smallest absolute Gasteiger partial charge is 0.327 e. The molecule has 3 aromatic rings. The second kappa shape index (κ2) is 8.60. The van der Waals surface area contributed by atoms with Crippen molar-refractivity contribution in [3.05, 3.63) is 64.8 Å². The molecule has 0 radical (unpaired) electrons. The van der Waals surface area contributed by atoms with Crippen LogP contribution in [0.3, 0.4) is 0 Å². The lowest BCUT2D eigenvalue weighted by Crippen LogP contribution is -2.41. The molecule has 1 unspecified atom stereocenters. The number of halogens is 1. The summed E-state index contributed by atoms with van der Waals surface area (Å²) >= 11 is 6.04. The van der Waals surface area contributed by atoms with Crippen LogP contribution in [0.1, 0.15) is 42.9 Å². The first-order chi connectivity index (χ1) is 14.9. The van der Waals surface area contributed by atoms with Crippen LogP contribution in [0.5, 0.6) is 0 Å². The highest BCUT2D eigenvalue weighted by Crippen LogP contribution is 2.28. The Balaban J connectivity index is 1.81. The number of hydrogen-bond donors (Lipinski definition) is 1. The van der Waals surface area contributed by atoms with Crippen LogP contribution < -0.4 is 5.32 Å². The second-order valence-corrected chi connectivity index (χ2v) is 11.0. The largest absolute Gasteiger partial charge is 0.468 e. The van der Waals surface area contributed by atoms with Crippen molar-refractivity contribution in [1.82, 2.24) is 9.88 Å². The summed E-state index contributed by atoms with van der Waals surface area (Å²) in [7, 11) is -1.00. The van der Waals surface area contributed by atoms with Crippen LogP contribution in [0, 0.1) is 0 Å². The number of fused-ring (bicyclic) bond motifs is 1. The molecule has 170 valence electrons. The lowest BCUT2D eigenvalue weighted by atomic mass is 10.1. The van der Waals surface area contributed by atoms with Gasteiger partial charge in [-0.15, -0.1) is 0 Å². The Morgan fingerprint density at radius 3 is 2.31 bits per heavy atom. The molecule has 32 heavy (non-hydrogen) atoms. The molecule has 1 heterocycles. The molecule has 7 nitrogen and oxygen atoms in total. The lowest BCUT2D eigenvalue weighted by Gasteiger charge is -2.22. The average Bonchev–Trinajstić information content (AvgIpc) is 3.08. The summed E-state index contributed by atoms with van der Waals surface area (Å²) in [6.45, 7) is 4.42. The van der Waals surface area contributed by atoms with Crippen molar-refractivity contribution < 1.29 is 22.7 Å². The third kappa shape index (κ3) is 4.12. The van der Waals surface area contributed by atoms with E-state index in [1.807, 2.05) is 6.07 Å². The van der Waals surface area contributed by atoms with E-state index in [9.17, 15) is 18.0 Å². The molecule has 1 N–H and O–H groups in total. The van der Waals surface area contributed by atoms with Crippen molar-refractivity contribution in [3.8, 4) is 0 Å². The Kier molecular flexibility index (Phi) is 6.40. The fraction of sp³-hybridized carbons (Fsp3) is 0.304. The zero-order valence-electron chi connectivity index (χ0n) is 18.5. The maximum atomic E-state index is 12.9. The van der Waals surface area contributed by atoms with Crippen molar-refractivity contribution in [2.24, 2.45) is 7.05 Å². The number of carbonyl (C=O) groups is 2. The molecule has 0 spiro atoms. The standard InChI is InChI=1S/C23H25ClN2O5S/c1-14(25-21(27)20-13-16-12-17(24)8-11-19(16)26(20)4)15-6-9-18(10-7-15)32(29,30)23(2,3)22(28)31-5/h6-14H,1-5H3,(H,25,27). The zero-order valence-corrected chi connectivity index (χ0v) is 20.0. The van der Waals surface area contributed by atoms with Crippen LogP contribution in [0.25, 0.3) is 10.9 Å². The average molecular weight is 477 g/mol. The van der Waals surface area contributed by atoms with Gasteiger partial charge in [0, 0.05) is 23.0 Å². The van der Waals surface area contributed by atoms with Crippen LogP contribution in [0.15, 0.2) is 53.4 Å². The quantitative estimate of drug-likeness (QED) is 0.541. The molecule has 3 rings (SSSR count). The number of aryl methyl sites for hydroxylation is 1. The van der Waals surface area contributed by atoms with Crippen LogP contribution in [-0.2, 0) is 26.4 Å². The Bertz CT molecular complexity index is 1290. The summed E-state index contributed by atoms with van der Waals surface area (Å²) < 4.78 is 30.4. The third-order valence-electron chi connectivity index (χ3n) is 5.62. The molecule has 1 amide bonds. The van der Waals surface area contributed by atoms with Crippen molar-refractivity contribution in [2.45, 2.75) is 36.5 Å². The Morgan fingerprint density at radius 1 is 1.09 bits per heavy atom. The van der Waals surface area contributed by atoms with Crippen LogP contribution >= 0.6 is 11.6 Å². The van der Waals surface area contributed by atoms with E-state index >= 15 is 0 Å². The van der Waals surface area contributed by atoms with Crippen LogP contribution in [0.4, 0.5) is 0 Å². The number of methoxy groups -OCH3 is 1. The van der Waals surface area contributed by atoms with Gasteiger partial charge in [-0.1, -0.05) is 23.7 Å². The third-order valence-corrected chi connectivity index (χ3v) is 8.26. The highest BCUT2D eigenvalue weighted by molar-refractivity contribution is 7.93. The molecule has 9 heteroatoms. The van der Waals surface area contributed by atoms with Crippen LogP contribution in [-0.4, -0.2) is 36.7 Å². The molecule has 0 bridgehead atoms. The number of nitrogens with one attached hydrogen (secondary N) is 1.